The van der Waals surface area contributed by atoms with Crippen molar-refractivity contribution in [3.63, 3.8) is 0 Å². The first-order chi connectivity index (χ1) is 5.16. The molecule has 0 radical (unpaired) electrons. The van der Waals surface area contributed by atoms with Gasteiger partial charge in [-0.25, -0.2) is 0 Å². The summed E-state index contributed by atoms with van der Waals surface area (Å²) in [6.45, 7) is 4.69. The summed E-state index contributed by atoms with van der Waals surface area (Å²) >= 11 is 0. The molecule has 1 fully saturated rings. The first-order valence-electron chi connectivity index (χ1n) is 4.83. The van der Waals surface area contributed by atoms with Crippen molar-refractivity contribution in [3.8, 4) is 0 Å². The topological polar surface area (TPSA) is 3.24 Å². The fraction of sp³-hybridized carbons (Fsp3) is 1.00. The molecule has 0 aliphatic heterocycles. The van der Waals surface area contributed by atoms with Gasteiger partial charge in [0.1, 0.15) is 0 Å². The molecule has 3 unspecified atom stereocenters. The van der Waals surface area contributed by atoms with Gasteiger partial charge in [-0.1, -0.05) is 20.3 Å². The van der Waals surface area contributed by atoms with Crippen LogP contribution in [0.25, 0.3) is 0 Å². The highest BCUT2D eigenvalue weighted by Crippen LogP contribution is 2.37. The lowest BCUT2D eigenvalue weighted by Gasteiger charge is -2.44. The van der Waals surface area contributed by atoms with E-state index in [9.17, 15) is 0 Å². The van der Waals surface area contributed by atoms with E-state index in [1.54, 1.807) is 0 Å². The maximum Gasteiger partial charge on any atom is 0.0120 e. The Kier molecular flexibility index (Phi) is 2.94. The Balaban J connectivity index is 2.36. The predicted octanol–water partition coefficient (Wildman–Crippen LogP) is 2.37. The fourth-order valence-corrected chi connectivity index (χ4v) is 2.12. The zero-order chi connectivity index (χ0) is 8.43. The maximum absolute atomic E-state index is 2.39. The molecule has 1 saturated carbocycles. The molecule has 1 rings (SSSR count). The Morgan fingerprint density at radius 2 is 2.00 bits per heavy atom. The van der Waals surface area contributed by atoms with Crippen molar-refractivity contribution < 1.29 is 0 Å². The van der Waals surface area contributed by atoms with Gasteiger partial charge in [-0.15, -0.1) is 0 Å². The number of hydrogen-bond acceptors (Lipinski definition) is 1. The minimum absolute atomic E-state index is 0.880. The highest BCUT2D eigenvalue weighted by Gasteiger charge is 2.35. The summed E-state index contributed by atoms with van der Waals surface area (Å²) in [5.41, 5.74) is 0. The van der Waals surface area contributed by atoms with Crippen LogP contribution in [-0.4, -0.2) is 25.0 Å². The highest BCUT2D eigenvalue weighted by molar-refractivity contribution is 4.88. The van der Waals surface area contributed by atoms with Crippen LogP contribution in [0.2, 0.25) is 0 Å². The molecular weight excluding hydrogens is 134 g/mol. The number of nitrogens with zero attached hydrogens (tertiary/aromatic N) is 1. The molecule has 0 bridgehead atoms. The summed E-state index contributed by atoms with van der Waals surface area (Å²) in [6, 6.07) is 0.880. The standard InChI is InChI=1S/C10H21N/c1-5-8(2)9-6-7-10(9)11(3)4/h8-10H,5-7H2,1-4H3. The second-order valence-corrected chi connectivity index (χ2v) is 4.16. The molecule has 0 amide bonds. The van der Waals surface area contributed by atoms with Crippen molar-refractivity contribution in [3.05, 3.63) is 0 Å². The first-order valence-corrected chi connectivity index (χ1v) is 4.83. The van der Waals surface area contributed by atoms with Crippen LogP contribution in [0.15, 0.2) is 0 Å². The lowest BCUT2D eigenvalue weighted by atomic mass is 9.71. The van der Waals surface area contributed by atoms with Gasteiger partial charge in [0.25, 0.3) is 0 Å². The van der Waals surface area contributed by atoms with Crippen molar-refractivity contribution in [2.24, 2.45) is 11.8 Å². The second-order valence-electron chi connectivity index (χ2n) is 4.16. The van der Waals surface area contributed by atoms with Crippen molar-refractivity contribution in [2.75, 3.05) is 14.1 Å². The fourth-order valence-electron chi connectivity index (χ4n) is 2.12. The molecule has 0 spiro atoms. The normalized spacial score (nSPS) is 33.5. The Bertz CT molecular complexity index is 120. The Hall–Kier alpha value is -0.0400. The van der Waals surface area contributed by atoms with Gasteiger partial charge in [-0.05, 0) is 38.8 Å². The number of rotatable bonds is 3. The third-order valence-corrected chi connectivity index (χ3v) is 3.33. The van der Waals surface area contributed by atoms with Crippen LogP contribution in [0.5, 0.6) is 0 Å². The molecule has 1 nitrogen and oxygen atoms in total. The van der Waals surface area contributed by atoms with Crippen LogP contribution in [0.1, 0.15) is 33.1 Å². The summed E-state index contributed by atoms with van der Waals surface area (Å²) in [5, 5.41) is 0. The Labute approximate surface area is 70.8 Å². The van der Waals surface area contributed by atoms with Gasteiger partial charge in [0, 0.05) is 6.04 Å². The molecule has 0 N–H and O–H groups in total. The average molecular weight is 155 g/mol. The summed E-state index contributed by atoms with van der Waals surface area (Å²) in [4.78, 5) is 2.39. The van der Waals surface area contributed by atoms with Crippen LogP contribution < -0.4 is 0 Å². The highest BCUT2D eigenvalue weighted by atomic mass is 15.1. The Morgan fingerprint density at radius 3 is 2.27 bits per heavy atom. The molecule has 1 heteroatoms. The van der Waals surface area contributed by atoms with E-state index in [-0.39, 0.29) is 0 Å². The van der Waals surface area contributed by atoms with Gasteiger partial charge < -0.3 is 4.90 Å². The van der Waals surface area contributed by atoms with Crippen LogP contribution in [-0.2, 0) is 0 Å². The molecule has 0 saturated heterocycles. The van der Waals surface area contributed by atoms with E-state index in [2.05, 4.69) is 32.8 Å². The van der Waals surface area contributed by atoms with Gasteiger partial charge in [0.15, 0.2) is 0 Å². The van der Waals surface area contributed by atoms with Gasteiger partial charge in [-0.3, -0.25) is 0 Å². The van der Waals surface area contributed by atoms with E-state index in [4.69, 9.17) is 0 Å². The van der Waals surface area contributed by atoms with Crippen molar-refractivity contribution in [1.29, 1.82) is 0 Å². The molecule has 0 aromatic rings. The molecule has 0 aromatic carbocycles. The average Bonchev–Trinajstić information content (AvgIpc) is 1.83. The largest absolute Gasteiger partial charge is 0.306 e. The summed E-state index contributed by atoms with van der Waals surface area (Å²) in [7, 11) is 4.42. The zero-order valence-corrected chi connectivity index (χ0v) is 8.30. The molecule has 1 aliphatic rings. The lowest BCUT2D eigenvalue weighted by Crippen LogP contribution is -2.45. The van der Waals surface area contributed by atoms with Gasteiger partial charge in [0.2, 0.25) is 0 Å². The SMILES string of the molecule is CCC(C)C1CCC1N(C)C. The monoisotopic (exact) mass is 155 g/mol. The first kappa shape index (κ1) is 9.05. The zero-order valence-electron chi connectivity index (χ0n) is 8.30. The third kappa shape index (κ3) is 1.76. The molecule has 66 valence electrons. The van der Waals surface area contributed by atoms with Crippen LogP contribution in [0.4, 0.5) is 0 Å². The van der Waals surface area contributed by atoms with Crippen LogP contribution in [0, 0.1) is 11.8 Å². The summed E-state index contributed by atoms with van der Waals surface area (Å²) in [5.74, 6) is 1.91. The number of hydrogen-bond donors (Lipinski definition) is 0. The van der Waals surface area contributed by atoms with E-state index in [1.165, 1.54) is 19.3 Å². The quantitative estimate of drug-likeness (QED) is 0.605. The summed E-state index contributed by atoms with van der Waals surface area (Å²) < 4.78 is 0. The van der Waals surface area contributed by atoms with Crippen molar-refractivity contribution >= 4 is 0 Å². The van der Waals surface area contributed by atoms with Gasteiger partial charge >= 0.3 is 0 Å². The van der Waals surface area contributed by atoms with E-state index in [0.717, 1.165) is 17.9 Å². The molecular formula is C10H21N. The van der Waals surface area contributed by atoms with Crippen molar-refractivity contribution in [1.82, 2.24) is 4.90 Å². The predicted molar refractivity (Wildman–Crippen MR) is 49.7 cm³/mol. The minimum atomic E-state index is 0.880. The molecule has 0 heterocycles. The van der Waals surface area contributed by atoms with Crippen LogP contribution >= 0.6 is 0 Å². The van der Waals surface area contributed by atoms with Gasteiger partial charge in [-0.2, -0.15) is 0 Å². The summed E-state index contributed by atoms with van der Waals surface area (Å²) in [6.07, 6.45) is 4.22. The van der Waals surface area contributed by atoms with Crippen molar-refractivity contribution in [2.45, 2.75) is 39.2 Å². The van der Waals surface area contributed by atoms with E-state index in [1.807, 2.05) is 0 Å². The van der Waals surface area contributed by atoms with Crippen LogP contribution in [0.3, 0.4) is 0 Å². The molecule has 0 aromatic heterocycles. The minimum Gasteiger partial charge on any atom is -0.306 e. The second kappa shape index (κ2) is 3.57. The lowest BCUT2D eigenvalue weighted by molar-refractivity contribution is 0.0642. The molecule has 3 atom stereocenters. The molecule has 11 heavy (non-hydrogen) atoms. The van der Waals surface area contributed by atoms with E-state index in [0.29, 0.717) is 0 Å². The van der Waals surface area contributed by atoms with Gasteiger partial charge in [0.05, 0.1) is 0 Å². The van der Waals surface area contributed by atoms with E-state index < -0.39 is 0 Å². The van der Waals surface area contributed by atoms with E-state index >= 15 is 0 Å². The maximum atomic E-state index is 2.39. The molecule has 1 aliphatic carbocycles. The Morgan fingerprint density at radius 1 is 1.36 bits per heavy atom. The smallest absolute Gasteiger partial charge is 0.0120 e. The third-order valence-electron chi connectivity index (χ3n) is 3.33.